The summed E-state index contributed by atoms with van der Waals surface area (Å²) in [5, 5.41) is 3.55. The molecule has 1 aliphatic heterocycles. The predicted molar refractivity (Wildman–Crippen MR) is 73.5 cm³/mol. The molecule has 0 aliphatic carbocycles. The van der Waals surface area contributed by atoms with Crippen molar-refractivity contribution in [2.45, 2.75) is 58.1 Å². The van der Waals surface area contributed by atoms with Crippen LogP contribution in [0.5, 0.6) is 0 Å². The summed E-state index contributed by atoms with van der Waals surface area (Å²) < 4.78 is 5.64. The van der Waals surface area contributed by atoms with Crippen molar-refractivity contribution in [3.8, 4) is 0 Å². The fraction of sp³-hybridized carbons (Fsp3) is 1.00. The summed E-state index contributed by atoms with van der Waals surface area (Å²) in [4.78, 5) is 2.56. The number of ether oxygens (including phenoxy) is 1. The fourth-order valence-corrected chi connectivity index (χ4v) is 2.53. The van der Waals surface area contributed by atoms with Crippen LogP contribution < -0.4 is 5.32 Å². The van der Waals surface area contributed by atoms with Gasteiger partial charge in [0, 0.05) is 26.2 Å². The van der Waals surface area contributed by atoms with E-state index < -0.39 is 0 Å². The highest BCUT2D eigenvalue weighted by Gasteiger charge is 2.32. The number of nitrogens with one attached hydrogen (secondary N) is 1. The molecule has 0 aromatic carbocycles. The van der Waals surface area contributed by atoms with Crippen molar-refractivity contribution in [2.24, 2.45) is 0 Å². The first-order valence-corrected chi connectivity index (χ1v) is 7.11. The van der Waals surface area contributed by atoms with Crippen molar-refractivity contribution < 1.29 is 4.74 Å². The van der Waals surface area contributed by atoms with Crippen LogP contribution in [0.25, 0.3) is 0 Å². The largest absolute Gasteiger partial charge is 0.377 e. The van der Waals surface area contributed by atoms with Gasteiger partial charge in [0.05, 0.1) is 5.60 Å². The number of unbranched alkanes of at least 4 members (excludes halogenated alkanes) is 1. The summed E-state index contributed by atoms with van der Waals surface area (Å²) in [5.41, 5.74) is 0.0654. The Labute approximate surface area is 107 Å². The number of hydrogen-bond acceptors (Lipinski definition) is 3. The van der Waals surface area contributed by atoms with Gasteiger partial charge in [-0.05, 0) is 46.2 Å². The van der Waals surface area contributed by atoms with E-state index in [2.05, 4.69) is 31.0 Å². The van der Waals surface area contributed by atoms with Crippen molar-refractivity contribution >= 4 is 0 Å². The molecule has 1 rings (SSSR count). The Hall–Kier alpha value is -0.120. The van der Waals surface area contributed by atoms with E-state index in [1.807, 2.05) is 7.11 Å². The Bertz CT molecular complexity index is 210. The van der Waals surface area contributed by atoms with Gasteiger partial charge in [-0.2, -0.15) is 0 Å². The number of rotatable bonds is 7. The first-order valence-electron chi connectivity index (χ1n) is 7.11. The molecule has 0 bridgehead atoms. The van der Waals surface area contributed by atoms with E-state index in [1.54, 1.807) is 0 Å². The summed E-state index contributed by atoms with van der Waals surface area (Å²) >= 11 is 0. The molecule has 1 saturated heterocycles. The minimum Gasteiger partial charge on any atom is -0.377 e. The molecule has 0 spiro atoms. The number of methoxy groups -OCH3 is 1. The number of hydrogen-bond donors (Lipinski definition) is 1. The third-order valence-electron chi connectivity index (χ3n) is 3.95. The van der Waals surface area contributed by atoms with Crippen molar-refractivity contribution in [3.63, 3.8) is 0 Å². The molecule has 102 valence electrons. The van der Waals surface area contributed by atoms with Crippen LogP contribution in [0, 0.1) is 0 Å². The third-order valence-corrected chi connectivity index (χ3v) is 3.95. The van der Waals surface area contributed by atoms with Gasteiger partial charge < -0.3 is 10.1 Å². The molecule has 1 fully saturated rings. The zero-order chi connectivity index (χ0) is 12.7. The van der Waals surface area contributed by atoms with Gasteiger partial charge in [-0.25, -0.2) is 0 Å². The van der Waals surface area contributed by atoms with Crippen LogP contribution in [0.4, 0.5) is 0 Å². The molecule has 0 aromatic heterocycles. The monoisotopic (exact) mass is 242 g/mol. The van der Waals surface area contributed by atoms with Crippen LogP contribution in [-0.2, 0) is 4.74 Å². The molecule has 0 radical (unpaired) electrons. The molecule has 0 amide bonds. The molecule has 17 heavy (non-hydrogen) atoms. The Morgan fingerprint density at radius 3 is 2.88 bits per heavy atom. The fourth-order valence-electron chi connectivity index (χ4n) is 2.53. The molecular formula is C14H30N2O. The maximum atomic E-state index is 5.64. The van der Waals surface area contributed by atoms with Crippen molar-refractivity contribution in [1.29, 1.82) is 0 Å². The highest BCUT2D eigenvalue weighted by molar-refractivity contribution is 4.87. The smallest absolute Gasteiger partial charge is 0.0777 e. The molecule has 2 unspecified atom stereocenters. The van der Waals surface area contributed by atoms with Gasteiger partial charge in [-0.15, -0.1) is 0 Å². The van der Waals surface area contributed by atoms with Crippen LogP contribution in [0.3, 0.4) is 0 Å². The molecule has 0 aromatic rings. The van der Waals surface area contributed by atoms with Gasteiger partial charge in [0.15, 0.2) is 0 Å². The maximum absolute atomic E-state index is 5.64. The summed E-state index contributed by atoms with van der Waals surface area (Å²) in [6, 6.07) is 0.613. The lowest BCUT2D eigenvalue weighted by Crippen LogP contribution is -2.52. The molecule has 1 aliphatic rings. The number of likely N-dealkylation sites (tertiary alicyclic amines) is 1. The lowest BCUT2D eigenvalue weighted by molar-refractivity contribution is -0.0592. The topological polar surface area (TPSA) is 24.5 Å². The van der Waals surface area contributed by atoms with E-state index in [1.165, 1.54) is 32.2 Å². The van der Waals surface area contributed by atoms with Crippen molar-refractivity contribution in [2.75, 3.05) is 33.3 Å². The van der Waals surface area contributed by atoms with Gasteiger partial charge in [-0.1, -0.05) is 13.3 Å². The minimum atomic E-state index is 0.0654. The van der Waals surface area contributed by atoms with E-state index in [4.69, 9.17) is 4.74 Å². The van der Waals surface area contributed by atoms with Crippen LogP contribution in [-0.4, -0.2) is 49.8 Å². The van der Waals surface area contributed by atoms with Crippen molar-refractivity contribution in [1.82, 2.24) is 10.2 Å². The highest BCUT2D eigenvalue weighted by Crippen LogP contribution is 2.24. The zero-order valence-electron chi connectivity index (χ0n) is 12.1. The predicted octanol–water partition coefficient (Wildman–Crippen LogP) is 2.27. The van der Waals surface area contributed by atoms with E-state index in [0.29, 0.717) is 6.04 Å². The van der Waals surface area contributed by atoms with Crippen molar-refractivity contribution in [3.05, 3.63) is 0 Å². The maximum Gasteiger partial charge on any atom is 0.0777 e. The third kappa shape index (κ3) is 4.94. The van der Waals surface area contributed by atoms with E-state index >= 15 is 0 Å². The van der Waals surface area contributed by atoms with Gasteiger partial charge in [-0.3, -0.25) is 4.90 Å². The molecule has 3 nitrogen and oxygen atoms in total. The number of piperidine rings is 1. The Morgan fingerprint density at radius 1 is 1.47 bits per heavy atom. The quantitative estimate of drug-likeness (QED) is 0.693. The molecule has 3 heteroatoms. The molecular weight excluding hydrogens is 212 g/mol. The first kappa shape index (κ1) is 14.9. The summed E-state index contributed by atoms with van der Waals surface area (Å²) in [5.74, 6) is 0. The normalized spacial score (nSPS) is 28.2. The van der Waals surface area contributed by atoms with Crippen LogP contribution in [0.2, 0.25) is 0 Å². The van der Waals surface area contributed by atoms with E-state index in [9.17, 15) is 0 Å². The second-order valence-electron chi connectivity index (χ2n) is 5.63. The SMILES string of the molecule is CCCCNCC(C)N1CCCC(C)(OC)C1. The molecule has 0 saturated carbocycles. The molecule has 1 heterocycles. The Morgan fingerprint density at radius 2 is 2.24 bits per heavy atom. The molecule has 2 atom stereocenters. The summed E-state index contributed by atoms with van der Waals surface area (Å²) in [6.07, 6.45) is 5.00. The summed E-state index contributed by atoms with van der Waals surface area (Å²) in [6.45, 7) is 11.3. The minimum absolute atomic E-state index is 0.0654. The van der Waals surface area contributed by atoms with E-state index in [-0.39, 0.29) is 5.60 Å². The van der Waals surface area contributed by atoms with Gasteiger partial charge in [0.2, 0.25) is 0 Å². The standard InChI is InChI=1S/C14H30N2O/c1-5-6-9-15-11-13(2)16-10-7-8-14(3,12-16)17-4/h13,15H,5-12H2,1-4H3. The average Bonchev–Trinajstić information content (AvgIpc) is 2.34. The molecule has 1 N–H and O–H groups in total. The van der Waals surface area contributed by atoms with Gasteiger partial charge >= 0.3 is 0 Å². The Kier molecular flexibility index (Phi) is 6.45. The second kappa shape index (κ2) is 7.34. The average molecular weight is 242 g/mol. The lowest BCUT2D eigenvalue weighted by atomic mass is 9.94. The Balaban J connectivity index is 2.28. The van der Waals surface area contributed by atoms with Gasteiger partial charge in [0.25, 0.3) is 0 Å². The van der Waals surface area contributed by atoms with Crippen LogP contribution in [0.15, 0.2) is 0 Å². The highest BCUT2D eigenvalue weighted by atomic mass is 16.5. The van der Waals surface area contributed by atoms with Crippen LogP contribution >= 0.6 is 0 Å². The first-order chi connectivity index (χ1) is 8.11. The zero-order valence-corrected chi connectivity index (χ0v) is 12.1. The van der Waals surface area contributed by atoms with Crippen LogP contribution in [0.1, 0.15) is 46.5 Å². The van der Waals surface area contributed by atoms with E-state index in [0.717, 1.165) is 19.6 Å². The summed E-state index contributed by atoms with van der Waals surface area (Å²) in [7, 11) is 1.84. The van der Waals surface area contributed by atoms with Gasteiger partial charge in [0.1, 0.15) is 0 Å². The lowest BCUT2D eigenvalue weighted by Gasteiger charge is -2.42. The number of nitrogens with zero attached hydrogens (tertiary/aromatic N) is 1. The second-order valence-corrected chi connectivity index (χ2v) is 5.63.